The molecule has 1 amide bonds. The smallest absolute Gasteiger partial charge is 0.284 e. The molecule has 7 heteroatoms. The Morgan fingerprint density at radius 2 is 2.24 bits per heavy atom. The summed E-state index contributed by atoms with van der Waals surface area (Å²) in [4.78, 5) is 13.7. The van der Waals surface area contributed by atoms with E-state index in [9.17, 15) is 13.2 Å². The lowest BCUT2D eigenvalue weighted by atomic mass is 10.2. The number of hydrogen-bond acceptors (Lipinski definition) is 5. The minimum Gasteiger partial charge on any atom is -0.372 e. The maximum Gasteiger partial charge on any atom is 0.284 e. The Bertz CT molecular complexity index is 371. The number of nitrogens with one attached hydrogen (secondary N) is 1. The highest BCUT2D eigenvalue weighted by Crippen LogP contribution is 2.10. The summed E-state index contributed by atoms with van der Waals surface area (Å²) >= 11 is 0. The first-order valence-corrected chi connectivity index (χ1v) is 6.81. The van der Waals surface area contributed by atoms with E-state index in [0.29, 0.717) is 18.8 Å². The van der Waals surface area contributed by atoms with Crippen LogP contribution in [0.1, 0.15) is 26.2 Å². The summed E-state index contributed by atoms with van der Waals surface area (Å²) in [5.74, 6) is -0.454. The van der Waals surface area contributed by atoms with Crippen molar-refractivity contribution in [1.29, 1.82) is 0 Å². The van der Waals surface area contributed by atoms with Crippen LogP contribution in [0.25, 0.3) is 0 Å². The summed E-state index contributed by atoms with van der Waals surface area (Å²) in [6.45, 7) is 2.82. The van der Waals surface area contributed by atoms with Crippen LogP contribution in [-0.2, 0) is 15.7 Å². The van der Waals surface area contributed by atoms with Crippen LogP contribution in [0.5, 0.6) is 0 Å². The Morgan fingerprint density at radius 1 is 1.53 bits per heavy atom. The molecule has 1 heterocycles. The Morgan fingerprint density at radius 3 is 2.71 bits per heavy atom. The van der Waals surface area contributed by atoms with Crippen LogP contribution >= 0.6 is 0 Å². The van der Waals surface area contributed by atoms with Crippen LogP contribution in [0, 0.1) is 0 Å². The highest BCUT2D eigenvalue weighted by atomic mass is 32.2. The number of nitrogens with zero attached hydrogens (tertiary/aromatic N) is 2. The molecule has 0 spiro atoms. The Balaban J connectivity index is 2.67. The molecule has 0 aliphatic carbocycles. The van der Waals surface area contributed by atoms with Gasteiger partial charge < -0.3 is 10.2 Å². The van der Waals surface area contributed by atoms with Gasteiger partial charge in [0.05, 0.1) is 6.67 Å². The monoisotopic (exact) mass is 261 g/mol. The van der Waals surface area contributed by atoms with Gasteiger partial charge in [0, 0.05) is 19.8 Å². The number of carbonyl (C=O) groups is 1. The number of carbonyl (C=O) groups excluding carboxylic acids is 1. The third kappa shape index (κ3) is 3.62. The molecule has 0 saturated carbocycles. The molecular weight excluding hydrogens is 242 g/mol. The van der Waals surface area contributed by atoms with Gasteiger partial charge in [-0.25, -0.2) is 12.7 Å². The van der Waals surface area contributed by atoms with Crippen molar-refractivity contribution < 1.29 is 13.2 Å². The van der Waals surface area contributed by atoms with Crippen molar-refractivity contribution in [1.82, 2.24) is 14.5 Å². The first-order chi connectivity index (χ1) is 8.07. The van der Waals surface area contributed by atoms with E-state index in [0.717, 1.165) is 17.1 Å². The average molecular weight is 261 g/mol. The Hall–Kier alpha value is -1.24. The predicted octanol–water partition coefficient (Wildman–Crippen LogP) is -0.134. The van der Waals surface area contributed by atoms with Crippen molar-refractivity contribution in [3.05, 3.63) is 11.9 Å². The molecule has 0 aromatic rings. The molecule has 0 saturated heterocycles. The fraction of sp³-hybridized carbons (Fsp3) is 0.700. The zero-order valence-corrected chi connectivity index (χ0v) is 11.1. The van der Waals surface area contributed by atoms with Crippen molar-refractivity contribution in [2.45, 2.75) is 26.2 Å². The van der Waals surface area contributed by atoms with E-state index in [1.165, 1.54) is 0 Å². The summed E-state index contributed by atoms with van der Waals surface area (Å²) in [5, 5.41) is 2.88. The zero-order chi connectivity index (χ0) is 12.8. The molecule has 0 aromatic carbocycles. The standard InChI is InChI=1S/C10H19N3O3S/c1-3-4-5-6-13(17(15)16)10(14)9-7-11-8-12(9)2/h7,11,17H,3-6,8H2,1-2H3. The van der Waals surface area contributed by atoms with Crippen molar-refractivity contribution in [2.75, 3.05) is 20.3 Å². The SMILES string of the molecule is CCCCCN(C(=O)C1=CNCN1C)[SH](=O)=O. The van der Waals surface area contributed by atoms with Gasteiger partial charge in [0.25, 0.3) is 5.91 Å². The number of likely N-dealkylation sites (N-methyl/N-ethyl adjacent to an activating group) is 1. The van der Waals surface area contributed by atoms with Gasteiger partial charge in [-0.15, -0.1) is 0 Å². The van der Waals surface area contributed by atoms with Crippen LogP contribution in [0.4, 0.5) is 0 Å². The number of amides is 1. The second-order valence-electron chi connectivity index (χ2n) is 3.96. The quantitative estimate of drug-likeness (QED) is 0.515. The first-order valence-electron chi connectivity index (χ1n) is 5.68. The normalized spacial score (nSPS) is 14.8. The van der Waals surface area contributed by atoms with Gasteiger partial charge in [0.15, 0.2) is 0 Å². The molecule has 0 fully saturated rings. The van der Waals surface area contributed by atoms with E-state index in [2.05, 4.69) is 5.32 Å². The molecule has 0 aromatic heterocycles. The lowest BCUT2D eigenvalue weighted by molar-refractivity contribution is -0.123. The number of thiol groups is 1. The molecule has 0 bridgehead atoms. The molecule has 0 radical (unpaired) electrons. The van der Waals surface area contributed by atoms with E-state index in [1.54, 1.807) is 18.1 Å². The van der Waals surface area contributed by atoms with Crippen molar-refractivity contribution >= 4 is 16.8 Å². The molecule has 0 unspecified atom stereocenters. The third-order valence-corrected chi connectivity index (χ3v) is 3.38. The van der Waals surface area contributed by atoms with Crippen LogP contribution in [0.3, 0.4) is 0 Å². The van der Waals surface area contributed by atoms with Crippen LogP contribution in [-0.4, -0.2) is 43.8 Å². The molecular formula is C10H19N3O3S. The van der Waals surface area contributed by atoms with Crippen molar-refractivity contribution in [3.8, 4) is 0 Å². The minimum absolute atomic E-state index is 0.260. The van der Waals surface area contributed by atoms with E-state index in [-0.39, 0.29) is 6.54 Å². The summed E-state index contributed by atoms with van der Waals surface area (Å²) in [6.07, 6.45) is 4.16. The van der Waals surface area contributed by atoms with Crippen molar-refractivity contribution in [3.63, 3.8) is 0 Å². The summed E-state index contributed by atoms with van der Waals surface area (Å²) in [5.41, 5.74) is 0.390. The number of rotatable bonds is 6. The fourth-order valence-electron chi connectivity index (χ4n) is 1.60. The minimum atomic E-state index is -2.87. The van der Waals surface area contributed by atoms with Gasteiger partial charge in [-0.2, -0.15) is 0 Å². The maximum atomic E-state index is 12.0. The van der Waals surface area contributed by atoms with Crippen molar-refractivity contribution in [2.24, 2.45) is 0 Å². The molecule has 98 valence electrons. The molecule has 0 atom stereocenters. The van der Waals surface area contributed by atoms with Gasteiger partial charge in [-0.1, -0.05) is 19.8 Å². The topological polar surface area (TPSA) is 69.7 Å². The van der Waals surface area contributed by atoms with Gasteiger partial charge in [0.1, 0.15) is 5.70 Å². The zero-order valence-electron chi connectivity index (χ0n) is 10.2. The average Bonchev–Trinajstić information content (AvgIpc) is 2.69. The lowest BCUT2D eigenvalue weighted by Gasteiger charge is -2.20. The molecule has 1 aliphatic rings. The van der Waals surface area contributed by atoms with E-state index in [4.69, 9.17) is 0 Å². The third-order valence-electron chi connectivity index (χ3n) is 2.60. The Kier molecular flexibility index (Phi) is 5.27. The molecule has 1 rings (SSSR count). The maximum absolute atomic E-state index is 12.0. The van der Waals surface area contributed by atoms with Crippen LogP contribution in [0.15, 0.2) is 11.9 Å². The molecule has 1 N–H and O–H groups in total. The summed E-state index contributed by atoms with van der Waals surface area (Å²) in [6, 6.07) is 0. The van der Waals surface area contributed by atoms with Gasteiger partial charge >= 0.3 is 0 Å². The van der Waals surface area contributed by atoms with Gasteiger partial charge in [-0.05, 0) is 6.42 Å². The van der Waals surface area contributed by atoms with Gasteiger partial charge in [0.2, 0.25) is 10.9 Å². The number of unbranched alkanes of at least 4 members (excludes halogenated alkanes) is 2. The van der Waals surface area contributed by atoms with E-state index < -0.39 is 16.8 Å². The molecule has 17 heavy (non-hydrogen) atoms. The second-order valence-corrected chi connectivity index (χ2v) is 4.92. The highest BCUT2D eigenvalue weighted by Gasteiger charge is 2.25. The Labute approximate surface area is 103 Å². The predicted molar refractivity (Wildman–Crippen MR) is 65.4 cm³/mol. The van der Waals surface area contributed by atoms with E-state index in [1.807, 2.05) is 6.92 Å². The molecule has 1 aliphatic heterocycles. The fourth-order valence-corrected chi connectivity index (χ4v) is 2.16. The van der Waals surface area contributed by atoms with E-state index >= 15 is 0 Å². The summed E-state index contributed by atoms with van der Waals surface area (Å²) < 4.78 is 23.1. The summed E-state index contributed by atoms with van der Waals surface area (Å²) in [7, 11) is -1.12. The second kappa shape index (κ2) is 6.48. The van der Waals surface area contributed by atoms with Crippen LogP contribution < -0.4 is 5.32 Å². The van der Waals surface area contributed by atoms with Gasteiger partial charge in [-0.3, -0.25) is 4.79 Å². The van der Waals surface area contributed by atoms with Crippen LogP contribution in [0.2, 0.25) is 0 Å². The number of hydrogen-bond donors (Lipinski definition) is 2. The largest absolute Gasteiger partial charge is 0.372 e. The lowest BCUT2D eigenvalue weighted by Crippen LogP contribution is -2.35. The first kappa shape index (κ1) is 13.8. The molecule has 6 nitrogen and oxygen atoms in total. The highest BCUT2D eigenvalue weighted by molar-refractivity contribution is 7.70.